The van der Waals surface area contributed by atoms with Crippen molar-refractivity contribution in [2.45, 2.75) is 12.8 Å². The van der Waals surface area contributed by atoms with Gasteiger partial charge in [0.15, 0.2) is 5.78 Å². The minimum Gasteiger partial charge on any atom is -0.481 e. The Morgan fingerprint density at radius 1 is 1.70 bits per heavy atom. The van der Waals surface area contributed by atoms with Gasteiger partial charge >= 0.3 is 5.97 Å². The van der Waals surface area contributed by atoms with Crippen molar-refractivity contribution >= 4 is 11.8 Å². The molecule has 54 valence electrons. The van der Waals surface area contributed by atoms with Crippen molar-refractivity contribution in [1.82, 2.24) is 0 Å². The Morgan fingerprint density at radius 3 is 2.80 bits per heavy atom. The summed E-state index contributed by atoms with van der Waals surface area (Å²) < 4.78 is 0. The van der Waals surface area contributed by atoms with Crippen LogP contribution in [0.3, 0.4) is 0 Å². The van der Waals surface area contributed by atoms with Crippen LogP contribution in [0.2, 0.25) is 0 Å². The average molecular weight is 140 g/mol. The number of hydrogen-bond donors (Lipinski definition) is 1. The van der Waals surface area contributed by atoms with E-state index in [-0.39, 0.29) is 5.78 Å². The zero-order valence-electron chi connectivity index (χ0n) is 5.41. The lowest BCUT2D eigenvalue weighted by molar-refractivity contribution is -0.145. The van der Waals surface area contributed by atoms with E-state index in [1.807, 2.05) is 0 Å². The molecule has 0 radical (unpaired) electrons. The molecule has 0 aliphatic heterocycles. The van der Waals surface area contributed by atoms with Crippen LogP contribution in [0.4, 0.5) is 0 Å². The van der Waals surface area contributed by atoms with Crippen LogP contribution >= 0.6 is 0 Å². The molecule has 1 aliphatic rings. The summed E-state index contributed by atoms with van der Waals surface area (Å²) in [5, 5.41) is 8.45. The first kappa shape index (κ1) is 6.99. The van der Waals surface area contributed by atoms with E-state index < -0.39 is 11.9 Å². The third-order valence-electron chi connectivity index (χ3n) is 1.55. The Balaban J connectivity index is 2.70. The van der Waals surface area contributed by atoms with Gasteiger partial charge in [0.05, 0.1) is 0 Å². The van der Waals surface area contributed by atoms with Gasteiger partial charge in [-0.2, -0.15) is 0 Å². The first-order valence-electron chi connectivity index (χ1n) is 3.15. The Hall–Kier alpha value is -1.12. The molecule has 0 aromatic heterocycles. The van der Waals surface area contributed by atoms with E-state index in [0.29, 0.717) is 12.8 Å². The van der Waals surface area contributed by atoms with Gasteiger partial charge in [0.1, 0.15) is 5.92 Å². The fraction of sp³-hybridized carbons (Fsp3) is 0.429. The number of carboxylic acid groups (broad SMARTS) is 1. The molecular formula is C7H8O3. The van der Waals surface area contributed by atoms with Crippen LogP contribution in [0, 0.1) is 5.92 Å². The average Bonchev–Trinajstić information content (AvgIpc) is 1.88. The highest BCUT2D eigenvalue weighted by molar-refractivity contribution is 6.04. The van der Waals surface area contributed by atoms with E-state index in [2.05, 4.69) is 0 Å². The molecule has 0 saturated carbocycles. The summed E-state index contributed by atoms with van der Waals surface area (Å²) in [6, 6.07) is 0. The number of ketones is 1. The lowest BCUT2D eigenvalue weighted by Crippen LogP contribution is -2.23. The molecule has 0 saturated heterocycles. The highest BCUT2D eigenvalue weighted by Crippen LogP contribution is 2.14. The monoisotopic (exact) mass is 140 g/mol. The normalized spacial score (nSPS) is 24.8. The summed E-state index contributed by atoms with van der Waals surface area (Å²) in [5.41, 5.74) is 0. The molecule has 0 heterocycles. The summed E-state index contributed by atoms with van der Waals surface area (Å²) in [6.07, 6.45) is 4.21. The zero-order valence-corrected chi connectivity index (χ0v) is 5.41. The van der Waals surface area contributed by atoms with E-state index in [4.69, 9.17) is 5.11 Å². The molecule has 1 N–H and O–H groups in total. The lowest BCUT2D eigenvalue weighted by Gasteiger charge is -2.10. The molecule has 0 amide bonds. The number of rotatable bonds is 1. The fourth-order valence-electron chi connectivity index (χ4n) is 0.966. The van der Waals surface area contributed by atoms with Crippen molar-refractivity contribution in [2.24, 2.45) is 5.92 Å². The van der Waals surface area contributed by atoms with E-state index in [1.165, 1.54) is 6.08 Å². The number of hydrogen-bond acceptors (Lipinski definition) is 2. The standard InChI is InChI=1S/C7H8O3/c8-6-4-2-1-3-5(6)7(9)10/h2,4-5H,1,3H2,(H,9,10). The maximum atomic E-state index is 10.8. The summed E-state index contributed by atoms with van der Waals surface area (Å²) in [4.78, 5) is 21.1. The summed E-state index contributed by atoms with van der Waals surface area (Å²) in [5.74, 6) is -2.07. The van der Waals surface area contributed by atoms with Crippen LogP contribution in [-0.4, -0.2) is 16.9 Å². The zero-order chi connectivity index (χ0) is 7.56. The number of carbonyl (C=O) groups is 2. The summed E-state index contributed by atoms with van der Waals surface area (Å²) >= 11 is 0. The molecule has 0 fully saturated rings. The second kappa shape index (κ2) is 2.64. The molecule has 1 aliphatic carbocycles. The van der Waals surface area contributed by atoms with Gasteiger partial charge in [-0.3, -0.25) is 9.59 Å². The largest absolute Gasteiger partial charge is 0.481 e. The molecule has 0 spiro atoms. The Labute approximate surface area is 58.4 Å². The predicted octanol–water partition coefficient (Wildman–Crippen LogP) is 0.606. The number of allylic oxidation sites excluding steroid dienone is 2. The Bertz CT molecular complexity index is 193. The number of carbonyl (C=O) groups excluding carboxylic acids is 1. The van der Waals surface area contributed by atoms with Gasteiger partial charge in [-0.05, 0) is 18.9 Å². The van der Waals surface area contributed by atoms with E-state index in [9.17, 15) is 9.59 Å². The van der Waals surface area contributed by atoms with Crippen molar-refractivity contribution < 1.29 is 14.7 Å². The van der Waals surface area contributed by atoms with Crippen molar-refractivity contribution in [3.8, 4) is 0 Å². The Kier molecular flexibility index (Phi) is 1.85. The van der Waals surface area contributed by atoms with Crippen LogP contribution in [0.5, 0.6) is 0 Å². The van der Waals surface area contributed by atoms with Gasteiger partial charge in [0.2, 0.25) is 0 Å². The quantitative estimate of drug-likeness (QED) is 0.543. The third kappa shape index (κ3) is 1.23. The van der Waals surface area contributed by atoms with E-state index >= 15 is 0 Å². The van der Waals surface area contributed by atoms with Gasteiger partial charge in [-0.15, -0.1) is 0 Å². The van der Waals surface area contributed by atoms with Crippen molar-refractivity contribution in [3.05, 3.63) is 12.2 Å². The SMILES string of the molecule is O=C(O)C1CCC=CC1=O. The predicted molar refractivity (Wildman–Crippen MR) is 34.5 cm³/mol. The van der Waals surface area contributed by atoms with Gasteiger partial charge in [-0.25, -0.2) is 0 Å². The third-order valence-corrected chi connectivity index (χ3v) is 1.55. The minimum absolute atomic E-state index is 0.279. The second-order valence-electron chi connectivity index (χ2n) is 2.27. The maximum absolute atomic E-state index is 10.8. The second-order valence-corrected chi connectivity index (χ2v) is 2.27. The number of aliphatic carboxylic acids is 1. The molecule has 0 aromatic carbocycles. The first-order valence-corrected chi connectivity index (χ1v) is 3.15. The summed E-state index contributed by atoms with van der Waals surface area (Å²) in [6.45, 7) is 0. The maximum Gasteiger partial charge on any atom is 0.314 e. The molecule has 1 unspecified atom stereocenters. The highest BCUT2D eigenvalue weighted by Gasteiger charge is 2.25. The Morgan fingerprint density at radius 2 is 2.40 bits per heavy atom. The first-order chi connectivity index (χ1) is 4.72. The topological polar surface area (TPSA) is 54.4 Å². The van der Waals surface area contributed by atoms with Gasteiger partial charge in [0, 0.05) is 0 Å². The van der Waals surface area contributed by atoms with Crippen molar-refractivity contribution in [3.63, 3.8) is 0 Å². The van der Waals surface area contributed by atoms with Crippen LogP contribution in [0.15, 0.2) is 12.2 Å². The molecule has 10 heavy (non-hydrogen) atoms. The fourth-order valence-corrected chi connectivity index (χ4v) is 0.966. The lowest BCUT2D eigenvalue weighted by atomic mass is 9.93. The molecule has 0 aromatic rings. The van der Waals surface area contributed by atoms with Crippen LogP contribution < -0.4 is 0 Å². The van der Waals surface area contributed by atoms with Crippen molar-refractivity contribution in [1.29, 1.82) is 0 Å². The van der Waals surface area contributed by atoms with Gasteiger partial charge < -0.3 is 5.11 Å². The smallest absolute Gasteiger partial charge is 0.314 e. The minimum atomic E-state index is -1.01. The molecule has 3 nitrogen and oxygen atoms in total. The van der Waals surface area contributed by atoms with Crippen LogP contribution in [-0.2, 0) is 9.59 Å². The van der Waals surface area contributed by atoms with E-state index in [0.717, 1.165) is 0 Å². The van der Waals surface area contributed by atoms with Gasteiger partial charge in [-0.1, -0.05) is 6.08 Å². The summed E-state index contributed by atoms with van der Waals surface area (Å²) in [7, 11) is 0. The van der Waals surface area contributed by atoms with Gasteiger partial charge in [0.25, 0.3) is 0 Å². The highest BCUT2D eigenvalue weighted by atomic mass is 16.4. The molecule has 0 bridgehead atoms. The van der Waals surface area contributed by atoms with Crippen LogP contribution in [0.1, 0.15) is 12.8 Å². The van der Waals surface area contributed by atoms with E-state index in [1.54, 1.807) is 6.08 Å². The molecule has 1 rings (SSSR count). The van der Waals surface area contributed by atoms with Crippen LogP contribution in [0.25, 0.3) is 0 Å². The number of carboxylic acids is 1. The molecule has 3 heteroatoms. The molecule has 1 atom stereocenters. The van der Waals surface area contributed by atoms with Crippen molar-refractivity contribution in [2.75, 3.05) is 0 Å². The molecular weight excluding hydrogens is 132 g/mol.